The lowest BCUT2D eigenvalue weighted by Gasteiger charge is -2.33. The molecule has 1 saturated heterocycles. The quantitative estimate of drug-likeness (QED) is 0.711. The molecule has 0 saturated carbocycles. The Morgan fingerprint density at radius 2 is 1.81 bits per heavy atom. The van der Waals surface area contributed by atoms with Gasteiger partial charge in [-0.1, -0.05) is 0 Å². The molecule has 1 unspecified atom stereocenters. The van der Waals surface area contributed by atoms with Gasteiger partial charge in [0.1, 0.15) is 17.2 Å². The van der Waals surface area contributed by atoms with Crippen molar-refractivity contribution in [2.45, 2.75) is 31.7 Å². The van der Waals surface area contributed by atoms with Crippen LogP contribution in [0, 0.1) is 5.82 Å². The van der Waals surface area contributed by atoms with Crippen molar-refractivity contribution in [3.63, 3.8) is 0 Å². The van der Waals surface area contributed by atoms with Crippen LogP contribution in [0.3, 0.4) is 0 Å². The van der Waals surface area contributed by atoms with Crippen LogP contribution < -0.4 is 4.90 Å². The second kappa shape index (κ2) is 7.63. The first-order valence-corrected chi connectivity index (χ1v) is 11.1. The van der Waals surface area contributed by atoms with Crippen LogP contribution in [0.15, 0.2) is 41.9 Å². The molecule has 0 radical (unpaired) electrons. The molecular formula is C20H19F3N4O3S. The van der Waals surface area contributed by atoms with Gasteiger partial charge < -0.3 is 4.90 Å². The third-order valence-corrected chi connectivity index (χ3v) is 6.81. The summed E-state index contributed by atoms with van der Waals surface area (Å²) < 4.78 is 65.7. The number of piperidine rings is 1. The van der Waals surface area contributed by atoms with Gasteiger partial charge >= 0.3 is 0 Å². The molecule has 0 aliphatic carbocycles. The highest BCUT2D eigenvalue weighted by Gasteiger charge is 2.37. The van der Waals surface area contributed by atoms with Gasteiger partial charge in [-0.25, -0.2) is 35.9 Å². The highest BCUT2D eigenvalue weighted by Crippen LogP contribution is 2.34. The van der Waals surface area contributed by atoms with Crippen molar-refractivity contribution >= 4 is 21.7 Å². The summed E-state index contributed by atoms with van der Waals surface area (Å²) >= 11 is 0. The van der Waals surface area contributed by atoms with Crippen molar-refractivity contribution in [3.05, 3.63) is 53.5 Å². The summed E-state index contributed by atoms with van der Waals surface area (Å²) in [6.07, 6.45) is 1.81. The maximum Gasteiger partial charge on any atom is 0.288 e. The lowest BCUT2D eigenvalue weighted by Crippen LogP contribution is -2.40. The predicted molar refractivity (Wildman–Crippen MR) is 108 cm³/mol. The molecule has 1 aromatic carbocycles. The Kier molecular flexibility index (Phi) is 5.24. The van der Waals surface area contributed by atoms with E-state index >= 15 is 0 Å². The number of aromatic nitrogens is 2. The Hall–Kier alpha value is -2.95. The number of anilines is 1. The fraction of sp³-hybridized carbons (Fsp3) is 0.350. The summed E-state index contributed by atoms with van der Waals surface area (Å²) in [5.74, 6) is -3.83. The summed E-state index contributed by atoms with van der Waals surface area (Å²) in [5, 5.41) is 0.951. The number of alkyl halides is 2. The number of amides is 1. The Morgan fingerprint density at radius 1 is 1.16 bits per heavy atom. The van der Waals surface area contributed by atoms with Crippen molar-refractivity contribution in [2.24, 2.45) is 0 Å². The minimum absolute atomic E-state index is 0.0324. The van der Waals surface area contributed by atoms with Gasteiger partial charge in [0, 0.05) is 36.9 Å². The van der Waals surface area contributed by atoms with Crippen molar-refractivity contribution in [1.82, 2.24) is 14.3 Å². The standard InChI is InChI=1S/C20H19F3N4O3S/c1-13-6-11-31(29,30)27(13)19(28)16-12-24-18(26-9-7-20(22,23)8-10-26)17(25-16)14-2-4-15(21)5-3-14/h2-6,11-13H,7-10H2,1H3. The van der Waals surface area contributed by atoms with Crippen LogP contribution in [-0.2, 0) is 10.0 Å². The summed E-state index contributed by atoms with van der Waals surface area (Å²) in [6, 6.07) is 4.60. The third-order valence-electron chi connectivity index (χ3n) is 5.26. The lowest BCUT2D eigenvalue weighted by molar-refractivity contribution is -0.0221. The van der Waals surface area contributed by atoms with Gasteiger partial charge in [0.25, 0.3) is 21.9 Å². The van der Waals surface area contributed by atoms with Gasteiger partial charge in [-0.3, -0.25) is 4.79 Å². The van der Waals surface area contributed by atoms with Crippen molar-refractivity contribution in [3.8, 4) is 11.3 Å². The van der Waals surface area contributed by atoms with Crippen LogP contribution >= 0.6 is 0 Å². The highest BCUT2D eigenvalue weighted by molar-refractivity contribution is 7.92. The molecule has 0 bridgehead atoms. The molecule has 1 aromatic heterocycles. The molecule has 164 valence electrons. The van der Waals surface area contributed by atoms with Crippen molar-refractivity contribution < 1.29 is 26.4 Å². The number of carbonyl (C=O) groups excluding carboxylic acids is 1. The van der Waals surface area contributed by atoms with E-state index in [9.17, 15) is 26.4 Å². The normalized spacial score (nSPS) is 22.0. The van der Waals surface area contributed by atoms with E-state index in [1.54, 1.807) is 11.8 Å². The van der Waals surface area contributed by atoms with Crippen LogP contribution in [0.1, 0.15) is 30.3 Å². The van der Waals surface area contributed by atoms with Crippen LogP contribution in [-0.4, -0.2) is 53.7 Å². The number of hydrogen-bond acceptors (Lipinski definition) is 6. The van der Waals surface area contributed by atoms with E-state index in [4.69, 9.17) is 0 Å². The molecule has 11 heteroatoms. The summed E-state index contributed by atoms with van der Waals surface area (Å²) in [4.78, 5) is 23.2. The smallest absolute Gasteiger partial charge is 0.288 e. The van der Waals surface area contributed by atoms with Gasteiger partial charge in [0.15, 0.2) is 5.82 Å². The highest BCUT2D eigenvalue weighted by atomic mass is 32.2. The fourth-order valence-corrected chi connectivity index (χ4v) is 4.98. The van der Waals surface area contributed by atoms with E-state index in [-0.39, 0.29) is 43.1 Å². The van der Waals surface area contributed by atoms with E-state index in [0.717, 1.165) is 11.6 Å². The molecule has 31 heavy (non-hydrogen) atoms. The minimum Gasteiger partial charge on any atom is -0.354 e. The van der Waals surface area contributed by atoms with Crippen molar-refractivity contribution in [1.29, 1.82) is 0 Å². The lowest BCUT2D eigenvalue weighted by atomic mass is 10.1. The Balaban J connectivity index is 1.75. The van der Waals surface area contributed by atoms with Gasteiger partial charge in [0.2, 0.25) is 0 Å². The molecule has 1 amide bonds. The molecule has 0 N–H and O–H groups in total. The number of carbonyl (C=O) groups is 1. The molecule has 1 atom stereocenters. The number of hydrogen-bond donors (Lipinski definition) is 0. The second-order valence-electron chi connectivity index (χ2n) is 7.49. The van der Waals surface area contributed by atoms with Crippen LogP contribution in [0.4, 0.5) is 19.0 Å². The molecule has 7 nitrogen and oxygen atoms in total. The second-order valence-corrected chi connectivity index (χ2v) is 9.19. The Morgan fingerprint density at radius 3 is 2.39 bits per heavy atom. The Bertz CT molecular complexity index is 1140. The number of halogens is 3. The molecule has 2 aliphatic rings. The summed E-state index contributed by atoms with van der Waals surface area (Å²) in [6.45, 7) is 1.62. The topological polar surface area (TPSA) is 83.5 Å². The van der Waals surface area contributed by atoms with Crippen LogP contribution in [0.5, 0.6) is 0 Å². The van der Waals surface area contributed by atoms with E-state index in [0.29, 0.717) is 9.87 Å². The van der Waals surface area contributed by atoms with Crippen LogP contribution in [0.25, 0.3) is 11.3 Å². The predicted octanol–water partition coefficient (Wildman–Crippen LogP) is 3.21. The van der Waals surface area contributed by atoms with Gasteiger partial charge in [0.05, 0.1) is 12.2 Å². The monoisotopic (exact) mass is 452 g/mol. The SMILES string of the molecule is CC1C=CS(=O)(=O)N1C(=O)c1cnc(N2CCC(F)(F)CC2)c(-c2ccc(F)cc2)n1. The largest absolute Gasteiger partial charge is 0.354 e. The average molecular weight is 452 g/mol. The zero-order valence-corrected chi connectivity index (χ0v) is 17.3. The first-order chi connectivity index (χ1) is 14.6. The maximum atomic E-state index is 13.6. The van der Waals surface area contributed by atoms with E-state index in [1.165, 1.54) is 30.3 Å². The number of benzene rings is 1. The van der Waals surface area contributed by atoms with E-state index < -0.39 is 33.7 Å². The maximum absolute atomic E-state index is 13.6. The molecular weight excluding hydrogens is 433 g/mol. The molecule has 1 fully saturated rings. The number of sulfonamides is 1. The molecule has 3 heterocycles. The Labute approximate surface area is 177 Å². The fourth-order valence-electron chi connectivity index (χ4n) is 3.57. The summed E-state index contributed by atoms with van der Waals surface area (Å²) in [7, 11) is -3.92. The van der Waals surface area contributed by atoms with E-state index in [2.05, 4.69) is 9.97 Å². The first kappa shape index (κ1) is 21.3. The molecule has 4 rings (SSSR count). The number of rotatable bonds is 3. The third kappa shape index (κ3) is 4.14. The zero-order chi connectivity index (χ0) is 22.4. The van der Waals surface area contributed by atoms with Gasteiger partial charge in [-0.2, -0.15) is 0 Å². The van der Waals surface area contributed by atoms with Gasteiger partial charge in [-0.15, -0.1) is 0 Å². The van der Waals surface area contributed by atoms with Gasteiger partial charge in [-0.05, 0) is 37.3 Å². The average Bonchev–Trinajstić information content (AvgIpc) is 3.00. The van der Waals surface area contributed by atoms with Crippen molar-refractivity contribution in [2.75, 3.05) is 18.0 Å². The first-order valence-electron chi connectivity index (χ1n) is 9.60. The zero-order valence-electron chi connectivity index (χ0n) is 16.5. The molecule has 2 aliphatic heterocycles. The summed E-state index contributed by atoms with van der Waals surface area (Å²) in [5.41, 5.74) is 0.393. The molecule has 0 spiro atoms. The number of nitrogens with zero attached hydrogens (tertiary/aromatic N) is 4. The van der Waals surface area contributed by atoms with E-state index in [1.807, 2.05) is 0 Å². The minimum atomic E-state index is -3.92. The van der Waals surface area contributed by atoms with Crippen LogP contribution in [0.2, 0.25) is 0 Å². The molecule has 2 aromatic rings.